The highest BCUT2D eigenvalue weighted by Gasteiger charge is 2.41. The van der Waals surface area contributed by atoms with Gasteiger partial charge in [-0.05, 0) is 48.4 Å². The molecule has 2 saturated heterocycles. The molecule has 2 aliphatic rings. The van der Waals surface area contributed by atoms with E-state index in [4.69, 9.17) is 5.73 Å². The number of likely N-dealkylation sites (tertiary alicyclic amines) is 1. The minimum Gasteiger partial charge on any atom is -0.480 e. The average Bonchev–Trinajstić information content (AvgIpc) is 3.65. The van der Waals surface area contributed by atoms with Crippen molar-refractivity contribution in [2.75, 3.05) is 30.3 Å². The lowest BCUT2D eigenvalue weighted by Crippen LogP contribution is -2.48. The van der Waals surface area contributed by atoms with E-state index in [9.17, 15) is 28.4 Å². The lowest BCUT2D eigenvalue weighted by molar-refractivity contribution is -0.148. The number of benzene rings is 1. The van der Waals surface area contributed by atoms with Gasteiger partial charge in [-0.15, -0.1) is 0 Å². The second-order valence-corrected chi connectivity index (χ2v) is 12.2. The van der Waals surface area contributed by atoms with E-state index in [1.807, 2.05) is 4.90 Å². The summed E-state index contributed by atoms with van der Waals surface area (Å²) in [6.45, 7) is 1.70. The molecule has 1 amide bonds. The summed E-state index contributed by atoms with van der Waals surface area (Å²) in [5.41, 5.74) is 6.58. The van der Waals surface area contributed by atoms with Gasteiger partial charge in [0.25, 0.3) is 10.0 Å². The van der Waals surface area contributed by atoms with Crippen LogP contribution >= 0.6 is 11.3 Å². The Hall–Kier alpha value is -3.80. The minimum atomic E-state index is -4.03. The molecular weight excluding hydrogens is 530 g/mol. The van der Waals surface area contributed by atoms with Crippen molar-refractivity contribution in [3.8, 4) is 6.07 Å². The first-order chi connectivity index (χ1) is 18.2. The van der Waals surface area contributed by atoms with Crippen molar-refractivity contribution < 1.29 is 23.1 Å². The van der Waals surface area contributed by atoms with Gasteiger partial charge in [-0.3, -0.25) is 4.79 Å². The molecule has 12 nitrogen and oxygen atoms in total. The molecule has 0 bridgehead atoms. The van der Waals surface area contributed by atoms with Crippen LogP contribution in [0.1, 0.15) is 30.4 Å². The van der Waals surface area contributed by atoms with E-state index in [-0.39, 0.29) is 35.0 Å². The highest BCUT2D eigenvalue weighted by Crippen LogP contribution is 2.30. The Bertz CT molecular complexity index is 1560. The van der Waals surface area contributed by atoms with Crippen molar-refractivity contribution >= 4 is 55.0 Å². The molecule has 198 valence electrons. The Morgan fingerprint density at radius 2 is 2.05 bits per heavy atom. The van der Waals surface area contributed by atoms with Crippen LogP contribution in [0.4, 0.5) is 10.9 Å². The van der Waals surface area contributed by atoms with Crippen molar-refractivity contribution in [2.45, 2.75) is 42.0 Å². The first kappa shape index (κ1) is 25.8. The summed E-state index contributed by atoms with van der Waals surface area (Å²) in [5, 5.41) is 21.5. The van der Waals surface area contributed by atoms with Crippen LogP contribution < -0.4 is 15.4 Å². The summed E-state index contributed by atoms with van der Waals surface area (Å²) in [6.07, 6.45) is 4.83. The number of carboxylic acids is 1. The van der Waals surface area contributed by atoms with Crippen LogP contribution in [0.3, 0.4) is 0 Å². The largest absolute Gasteiger partial charge is 0.480 e. The topological polar surface area (TPSA) is 183 Å². The molecule has 3 aromatic rings. The first-order valence-corrected chi connectivity index (χ1v) is 14.3. The number of carbonyl (C=O) groups excluding carboxylic acids is 1. The number of carbonyl (C=O) groups is 2. The van der Waals surface area contributed by atoms with E-state index in [1.165, 1.54) is 12.4 Å². The fraction of sp³-hybridized carbons (Fsp3) is 0.375. The van der Waals surface area contributed by atoms with Crippen molar-refractivity contribution in [2.24, 2.45) is 0 Å². The number of nitrogen functional groups attached to an aromatic ring is 1. The average molecular weight is 556 g/mol. The number of carboxylic acid groups (broad SMARTS) is 1. The molecule has 0 aliphatic carbocycles. The number of aromatic nitrogens is 2. The zero-order valence-corrected chi connectivity index (χ0v) is 21.8. The van der Waals surface area contributed by atoms with Gasteiger partial charge in [0.05, 0.1) is 17.8 Å². The summed E-state index contributed by atoms with van der Waals surface area (Å²) >= 11 is 1.04. The van der Waals surface area contributed by atoms with Crippen LogP contribution in [-0.4, -0.2) is 72.0 Å². The molecular formula is C24H25N7O5S2. The second kappa shape index (κ2) is 10.2. The molecule has 0 saturated carbocycles. The van der Waals surface area contributed by atoms with Gasteiger partial charge in [0, 0.05) is 37.6 Å². The quantitative estimate of drug-likeness (QED) is 0.366. The summed E-state index contributed by atoms with van der Waals surface area (Å²) in [5.74, 6) is -1.63. The normalized spacial score (nSPS) is 18.7. The Morgan fingerprint density at radius 3 is 2.76 bits per heavy atom. The van der Waals surface area contributed by atoms with Crippen LogP contribution in [-0.2, 0) is 26.0 Å². The van der Waals surface area contributed by atoms with Crippen molar-refractivity contribution in [3.05, 3.63) is 41.7 Å². The Balaban J connectivity index is 1.34. The maximum Gasteiger partial charge on any atom is 0.326 e. The van der Waals surface area contributed by atoms with Crippen LogP contribution in [0.15, 0.2) is 34.8 Å². The van der Waals surface area contributed by atoms with Crippen molar-refractivity contribution in [1.29, 1.82) is 5.26 Å². The van der Waals surface area contributed by atoms with Crippen LogP contribution in [0.2, 0.25) is 0 Å². The lowest BCUT2D eigenvalue weighted by atomic mass is 9.96. The Morgan fingerprint density at radius 1 is 1.29 bits per heavy atom. The fourth-order valence-electron chi connectivity index (χ4n) is 4.90. The Kier molecular flexibility index (Phi) is 6.91. The zero-order chi connectivity index (χ0) is 27.0. The van der Waals surface area contributed by atoms with E-state index < -0.39 is 34.0 Å². The number of nitrogens with two attached hydrogens (primary N) is 1. The number of fused-ring (bicyclic) bond motifs is 1. The number of amides is 1. The fourth-order valence-corrected chi connectivity index (χ4v) is 7.31. The van der Waals surface area contributed by atoms with E-state index in [0.717, 1.165) is 42.2 Å². The molecule has 5 rings (SSSR count). The molecule has 4 heterocycles. The van der Waals surface area contributed by atoms with Gasteiger partial charge >= 0.3 is 5.97 Å². The smallest absolute Gasteiger partial charge is 0.326 e. The maximum atomic E-state index is 13.2. The van der Waals surface area contributed by atoms with Crippen LogP contribution in [0.5, 0.6) is 0 Å². The highest BCUT2D eigenvalue weighted by molar-refractivity contribution is 7.91. The molecule has 38 heavy (non-hydrogen) atoms. The number of rotatable bonds is 8. The summed E-state index contributed by atoms with van der Waals surface area (Å²) < 4.78 is 28.4. The molecule has 2 fully saturated rings. The predicted molar refractivity (Wildman–Crippen MR) is 140 cm³/mol. The standard InChI is InChI=1S/C24H25N7O5S2/c25-12-16-10-17-14(3-5-27-21(17)26)9-15(16)11-19(23(33)34)31-8-4-18(22(31)32)29-38(35,36)20-13-28-24(37-20)30-6-1-2-7-30/h3,5,9-10,13,18-19,29H,1-2,4,6-8,11H2,(H2,26,27)(H,33,34). The van der Waals surface area contributed by atoms with Gasteiger partial charge in [-0.2, -0.15) is 9.98 Å². The predicted octanol–water partition coefficient (Wildman–Crippen LogP) is 1.32. The summed E-state index contributed by atoms with van der Waals surface area (Å²) in [4.78, 5) is 36.9. The van der Waals surface area contributed by atoms with Crippen LogP contribution in [0.25, 0.3) is 10.8 Å². The van der Waals surface area contributed by atoms with Gasteiger partial charge in [-0.1, -0.05) is 11.3 Å². The number of anilines is 2. The highest BCUT2D eigenvalue weighted by atomic mass is 32.2. The molecule has 2 aromatic heterocycles. The molecule has 1 aromatic carbocycles. The van der Waals surface area contributed by atoms with Crippen molar-refractivity contribution in [1.82, 2.24) is 19.6 Å². The number of nitriles is 1. The minimum absolute atomic E-state index is 0.00373. The van der Waals surface area contributed by atoms with Gasteiger partial charge in [-0.25, -0.2) is 23.2 Å². The molecule has 0 radical (unpaired) electrons. The monoisotopic (exact) mass is 555 g/mol. The number of hydrogen-bond donors (Lipinski definition) is 3. The number of pyridine rings is 1. The molecule has 14 heteroatoms. The van der Waals surface area contributed by atoms with E-state index in [2.05, 4.69) is 20.8 Å². The summed E-state index contributed by atoms with van der Waals surface area (Å²) in [7, 11) is -4.03. The number of thiazole rings is 1. The molecule has 2 atom stereocenters. The molecule has 2 aliphatic heterocycles. The van der Waals surface area contributed by atoms with Gasteiger partial charge in [0.15, 0.2) is 9.34 Å². The van der Waals surface area contributed by atoms with Crippen LogP contribution in [0, 0.1) is 11.3 Å². The van der Waals surface area contributed by atoms with Gasteiger partial charge < -0.3 is 20.6 Å². The molecule has 2 unspecified atom stereocenters. The van der Waals surface area contributed by atoms with Crippen molar-refractivity contribution in [3.63, 3.8) is 0 Å². The molecule has 0 spiro atoms. The molecule has 4 N–H and O–H groups in total. The van der Waals surface area contributed by atoms with E-state index in [0.29, 0.717) is 21.5 Å². The third-order valence-corrected chi connectivity index (χ3v) is 9.86. The van der Waals surface area contributed by atoms with E-state index in [1.54, 1.807) is 18.2 Å². The number of aliphatic carboxylic acids is 1. The number of nitrogens with zero attached hydrogens (tertiary/aromatic N) is 5. The second-order valence-electron chi connectivity index (χ2n) is 9.25. The van der Waals surface area contributed by atoms with E-state index >= 15 is 0 Å². The Labute approximate surface area is 222 Å². The van der Waals surface area contributed by atoms with Gasteiger partial charge in [0.2, 0.25) is 5.91 Å². The summed E-state index contributed by atoms with van der Waals surface area (Å²) in [6, 6.07) is 4.60. The third kappa shape index (κ3) is 4.87. The number of nitrogens with one attached hydrogen (secondary N) is 1. The van der Waals surface area contributed by atoms with Gasteiger partial charge in [0.1, 0.15) is 17.9 Å². The number of sulfonamides is 1. The zero-order valence-electron chi connectivity index (χ0n) is 20.2. The SMILES string of the molecule is N#Cc1cc2c(N)nccc2cc1CC(C(=O)O)N1CCC(NS(=O)(=O)c2cnc(N3CCCC3)s2)C1=O. The number of hydrogen-bond acceptors (Lipinski definition) is 10. The first-order valence-electron chi connectivity index (χ1n) is 12.0. The third-order valence-electron chi connectivity index (χ3n) is 6.87. The lowest BCUT2D eigenvalue weighted by Gasteiger charge is -2.25. The maximum absolute atomic E-state index is 13.2.